The molecule has 0 aliphatic carbocycles. The summed E-state index contributed by atoms with van der Waals surface area (Å²) in [5.74, 6) is -0.126. The molecular weight excluding hydrogens is 204 g/mol. The highest BCUT2D eigenvalue weighted by Crippen LogP contribution is 2.17. The van der Waals surface area contributed by atoms with Gasteiger partial charge in [0.25, 0.3) is 5.91 Å². The van der Waals surface area contributed by atoms with Crippen molar-refractivity contribution in [3.63, 3.8) is 0 Å². The molecule has 78 valence electrons. The van der Waals surface area contributed by atoms with Crippen LogP contribution in [0.3, 0.4) is 0 Å². The first-order chi connectivity index (χ1) is 6.66. The second-order valence-corrected chi connectivity index (χ2v) is 3.28. The molecule has 0 saturated heterocycles. The maximum Gasteiger partial charge on any atom is 0.258 e. The highest BCUT2D eigenvalue weighted by molar-refractivity contribution is 6.32. The van der Waals surface area contributed by atoms with Gasteiger partial charge in [0.1, 0.15) is 0 Å². The van der Waals surface area contributed by atoms with Crippen LogP contribution in [0.15, 0.2) is 16.7 Å². The van der Waals surface area contributed by atoms with E-state index in [0.29, 0.717) is 12.1 Å². The zero-order valence-electron chi connectivity index (χ0n) is 8.21. The average molecular weight is 217 g/mol. The van der Waals surface area contributed by atoms with Crippen LogP contribution in [0.1, 0.15) is 10.4 Å². The summed E-state index contributed by atoms with van der Waals surface area (Å²) in [4.78, 5) is 13.3. The number of likely N-dealkylation sites (N-methyl/N-ethyl adjacent to an activating group) is 2. The van der Waals surface area contributed by atoms with Gasteiger partial charge >= 0.3 is 0 Å². The fourth-order valence-electron chi connectivity index (χ4n) is 1.03. The van der Waals surface area contributed by atoms with Gasteiger partial charge in [-0.05, 0) is 24.7 Å². The van der Waals surface area contributed by atoms with Gasteiger partial charge in [-0.1, -0.05) is 0 Å². The minimum absolute atomic E-state index is 0.126. The van der Waals surface area contributed by atoms with Crippen molar-refractivity contribution in [2.75, 3.05) is 27.2 Å². The van der Waals surface area contributed by atoms with Gasteiger partial charge in [0, 0.05) is 20.1 Å². The fourth-order valence-corrected chi connectivity index (χ4v) is 1.23. The fraction of sp³-hybridized carbons (Fsp3) is 0.444. The molecule has 0 aliphatic heterocycles. The average Bonchev–Trinajstić information content (AvgIpc) is 2.59. The predicted octanol–water partition coefficient (Wildman–Crippen LogP) is 1.22. The zero-order chi connectivity index (χ0) is 10.6. The molecule has 0 unspecified atom stereocenters. The van der Waals surface area contributed by atoms with E-state index < -0.39 is 0 Å². The lowest BCUT2D eigenvalue weighted by Crippen LogP contribution is -2.32. The Bertz CT molecular complexity index is 312. The van der Waals surface area contributed by atoms with Crippen LogP contribution in [-0.2, 0) is 0 Å². The molecule has 4 nitrogen and oxygen atoms in total. The topological polar surface area (TPSA) is 45.5 Å². The summed E-state index contributed by atoms with van der Waals surface area (Å²) in [7, 11) is 3.56. The van der Waals surface area contributed by atoms with Gasteiger partial charge in [-0.25, -0.2) is 0 Å². The zero-order valence-corrected chi connectivity index (χ0v) is 8.97. The van der Waals surface area contributed by atoms with Gasteiger partial charge in [-0.15, -0.1) is 0 Å². The highest BCUT2D eigenvalue weighted by Gasteiger charge is 2.16. The third-order valence-electron chi connectivity index (χ3n) is 1.89. The van der Waals surface area contributed by atoms with E-state index in [1.54, 1.807) is 18.0 Å². The van der Waals surface area contributed by atoms with E-state index in [2.05, 4.69) is 5.32 Å². The molecule has 0 aliphatic rings. The van der Waals surface area contributed by atoms with Crippen LogP contribution in [0.2, 0.25) is 5.22 Å². The monoisotopic (exact) mass is 216 g/mol. The number of rotatable bonds is 4. The Morgan fingerprint density at radius 3 is 2.93 bits per heavy atom. The van der Waals surface area contributed by atoms with E-state index in [9.17, 15) is 4.79 Å². The molecule has 0 aromatic carbocycles. The Balaban J connectivity index is 2.61. The molecule has 0 bridgehead atoms. The van der Waals surface area contributed by atoms with Gasteiger partial charge in [-0.2, -0.15) is 0 Å². The number of nitrogens with one attached hydrogen (secondary N) is 1. The quantitative estimate of drug-likeness (QED) is 0.824. The summed E-state index contributed by atoms with van der Waals surface area (Å²) in [6.07, 6.45) is 1.40. The van der Waals surface area contributed by atoms with Gasteiger partial charge in [-0.3, -0.25) is 4.79 Å². The number of hydrogen-bond acceptors (Lipinski definition) is 3. The third kappa shape index (κ3) is 2.49. The molecule has 14 heavy (non-hydrogen) atoms. The van der Waals surface area contributed by atoms with Crippen molar-refractivity contribution in [1.29, 1.82) is 0 Å². The number of furan rings is 1. The van der Waals surface area contributed by atoms with E-state index in [1.165, 1.54) is 6.26 Å². The van der Waals surface area contributed by atoms with Crippen molar-refractivity contribution in [3.8, 4) is 0 Å². The number of hydrogen-bond donors (Lipinski definition) is 1. The molecule has 1 amide bonds. The van der Waals surface area contributed by atoms with E-state index in [1.807, 2.05) is 7.05 Å². The predicted molar refractivity (Wildman–Crippen MR) is 54.6 cm³/mol. The lowest BCUT2D eigenvalue weighted by atomic mass is 10.3. The summed E-state index contributed by atoms with van der Waals surface area (Å²) >= 11 is 5.68. The Hall–Kier alpha value is -1.00. The molecule has 1 heterocycles. The van der Waals surface area contributed by atoms with Crippen molar-refractivity contribution >= 4 is 17.5 Å². The Morgan fingerprint density at radius 1 is 1.71 bits per heavy atom. The van der Waals surface area contributed by atoms with Crippen LogP contribution in [0.5, 0.6) is 0 Å². The molecule has 0 saturated carbocycles. The second kappa shape index (κ2) is 5.02. The Kier molecular flexibility index (Phi) is 3.98. The molecule has 5 heteroatoms. The first-order valence-electron chi connectivity index (χ1n) is 4.30. The van der Waals surface area contributed by atoms with Crippen LogP contribution in [0.25, 0.3) is 0 Å². The minimum Gasteiger partial charge on any atom is -0.452 e. The summed E-state index contributed by atoms with van der Waals surface area (Å²) in [5, 5.41) is 3.11. The second-order valence-electron chi connectivity index (χ2n) is 2.94. The van der Waals surface area contributed by atoms with E-state index >= 15 is 0 Å². The minimum atomic E-state index is -0.126. The van der Waals surface area contributed by atoms with Gasteiger partial charge < -0.3 is 14.6 Å². The van der Waals surface area contributed by atoms with Crippen molar-refractivity contribution in [3.05, 3.63) is 23.1 Å². The van der Waals surface area contributed by atoms with Gasteiger partial charge in [0.05, 0.1) is 11.8 Å². The lowest BCUT2D eigenvalue weighted by molar-refractivity contribution is 0.0796. The summed E-state index contributed by atoms with van der Waals surface area (Å²) in [6, 6.07) is 1.57. The van der Waals surface area contributed by atoms with Crippen LogP contribution in [-0.4, -0.2) is 38.0 Å². The maximum atomic E-state index is 11.7. The van der Waals surface area contributed by atoms with E-state index in [4.69, 9.17) is 16.0 Å². The standard InChI is InChI=1S/C9H13ClN2O2/c1-11-4-5-12(2)9(13)7-3-6-14-8(7)10/h3,6,11H,4-5H2,1-2H3. The first-order valence-corrected chi connectivity index (χ1v) is 4.67. The van der Waals surface area contributed by atoms with Gasteiger partial charge in [0.2, 0.25) is 5.22 Å². The number of carbonyl (C=O) groups excluding carboxylic acids is 1. The lowest BCUT2D eigenvalue weighted by Gasteiger charge is -2.15. The molecule has 0 fully saturated rings. The molecular formula is C9H13ClN2O2. The number of nitrogens with zero attached hydrogens (tertiary/aromatic N) is 1. The Labute approximate surface area is 87.8 Å². The maximum absolute atomic E-state index is 11.7. The summed E-state index contributed by atoms with van der Waals surface area (Å²) < 4.78 is 4.84. The highest BCUT2D eigenvalue weighted by atomic mass is 35.5. The number of halogens is 1. The van der Waals surface area contributed by atoms with Crippen molar-refractivity contribution in [2.24, 2.45) is 0 Å². The number of amides is 1. The first kappa shape index (κ1) is 11.1. The van der Waals surface area contributed by atoms with Crippen molar-refractivity contribution in [1.82, 2.24) is 10.2 Å². The number of carbonyl (C=O) groups is 1. The molecule has 0 radical (unpaired) electrons. The molecule has 0 atom stereocenters. The summed E-state index contributed by atoms with van der Waals surface area (Å²) in [5.41, 5.74) is 0.408. The molecule has 0 spiro atoms. The van der Waals surface area contributed by atoms with Crippen molar-refractivity contribution < 1.29 is 9.21 Å². The third-order valence-corrected chi connectivity index (χ3v) is 2.18. The largest absolute Gasteiger partial charge is 0.452 e. The molecule has 1 aromatic heterocycles. The van der Waals surface area contributed by atoms with Crippen molar-refractivity contribution in [2.45, 2.75) is 0 Å². The van der Waals surface area contributed by atoms with Crippen LogP contribution >= 0.6 is 11.6 Å². The van der Waals surface area contributed by atoms with Crippen LogP contribution in [0.4, 0.5) is 0 Å². The van der Waals surface area contributed by atoms with Crippen LogP contribution in [0, 0.1) is 0 Å². The van der Waals surface area contributed by atoms with Crippen LogP contribution < -0.4 is 5.32 Å². The van der Waals surface area contributed by atoms with E-state index in [-0.39, 0.29) is 11.1 Å². The smallest absolute Gasteiger partial charge is 0.258 e. The molecule has 1 N–H and O–H groups in total. The Morgan fingerprint density at radius 2 is 2.43 bits per heavy atom. The normalized spacial score (nSPS) is 10.2. The molecule has 1 rings (SSSR count). The summed E-state index contributed by atoms with van der Waals surface area (Å²) in [6.45, 7) is 1.38. The van der Waals surface area contributed by atoms with E-state index in [0.717, 1.165) is 6.54 Å². The van der Waals surface area contributed by atoms with Gasteiger partial charge in [0.15, 0.2) is 0 Å². The molecule has 1 aromatic rings. The SMILES string of the molecule is CNCCN(C)C(=O)c1ccoc1Cl.